The van der Waals surface area contributed by atoms with Crippen LogP contribution in [0.3, 0.4) is 0 Å². The first kappa shape index (κ1) is 10.1. The van der Waals surface area contributed by atoms with Crippen LogP contribution >= 0.6 is 0 Å². The number of urea groups is 1. The minimum Gasteiger partial charge on any atom is -0.345 e. The molecular formula is C12H14N4O. The molecule has 0 bridgehead atoms. The fraction of sp³-hybridized carbons (Fsp3) is 0.333. The number of aromatic nitrogens is 2. The summed E-state index contributed by atoms with van der Waals surface area (Å²) in [6, 6.07) is 6.17. The Morgan fingerprint density at radius 2 is 2.35 bits per heavy atom. The number of nitrogens with one attached hydrogen (secondary N) is 2. The van der Waals surface area contributed by atoms with Gasteiger partial charge < -0.3 is 15.2 Å². The molecular weight excluding hydrogens is 216 g/mol. The van der Waals surface area contributed by atoms with Gasteiger partial charge in [-0.05, 0) is 24.6 Å². The lowest BCUT2D eigenvalue weighted by molar-refractivity contribution is 0.202. The quantitative estimate of drug-likeness (QED) is 0.824. The van der Waals surface area contributed by atoms with E-state index in [-0.39, 0.29) is 12.1 Å². The van der Waals surface area contributed by atoms with Gasteiger partial charge in [0.25, 0.3) is 0 Å². The van der Waals surface area contributed by atoms with Crippen LogP contribution in [0.5, 0.6) is 0 Å². The number of rotatable bonds is 2. The molecule has 1 aromatic carbocycles. The molecule has 0 saturated carbocycles. The van der Waals surface area contributed by atoms with E-state index >= 15 is 0 Å². The highest BCUT2D eigenvalue weighted by molar-refractivity contribution is 5.78. The van der Waals surface area contributed by atoms with Gasteiger partial charge in [-0.2, -0.15) is 0 Å². The lowest BCUT2D eigenvalue weighted by Crippen LogP contribution is -2.30. The minimum atomic E-state index is 0.0135. The van der Waals surface area contributed by atoms with Gasteiger partial charge in [0.1, 0.15) is 0 Å². The number of H-pyrrole nitrogens is 1. The van der Waals surface area contributed by atoms with Crippen molar-refractivity contribution in [2.24, 2.45) is 0 Å². The van der Waals surface area contributed by atoms with Gasteiger partial charge in [0.2, 0.25) is 0 Å². The summed E-state index contributed by atoms with van der Waals surface area (Å²) in [6.45, 7) is 3.53. The maximum Gasteiger partial charge on any atom is 0.318 e. The summed E-state index contributed by atoms with van der Waals surface area (Å²) in [5.41, 5.74) is 3.07. The van der Waals surface area contributed by atoms with Crippen molar-refractivity contribution < 1.29 is 4.79 Å². The zero-order valence-electron chi connectivity index (χ0n) is 9.60. The Kier molecular flexibility index (Phi) is 2.24. The summed E-state index contributed by atoms with van der Waals surface area (Å²) in [7, 11) is 0. The second-order valence-corrected chi connectivity index (χ2v) is 4.28. The number of carbonyl (C=O) groups excluding carboxylic acids is 1. The van der Waals surface area contributed by atoms with Crippen molar-refractivity contribution in [2.45, 2.75) is 13.0 Å². The Morgan fingerprint density at radius 1 is 1.47 bits per heavy atom. The molecule has 5 heteroatoms. The Balaban J connectivity index is 1.94. The van der Waals surface area contributed by atoms with Crippen molar-refractivity contribution in [2.75, 3.05) is 13.1 Å². The number of carbonyl (C=O) groups is 1. The number of benzene rings is 1. The van der Waals surface area contributed by atoms with Gasteiger partial charge in [0.15, 0.2) is 0 Å². The SMILES string of the molecule is CC(c1ccc2[nH]cnc2c1)N1CCNC1=O. The fourth-order valence-electron chi connectivity index (χ4n) is 2.24. The van der Waals surface area contributed by atoms with Gasteiger partial charge in [-0.15, -0.1) is 0 Å². The molecule has 88 valence electrons. The van der Waals surface area contributed by atoms with Crippen molar-refractivity contribution in [3.63, 3.8) is 0 Å². The lowest BCUT2D eigenvalue weighted by Gasteiger charge is -2.23. The molecule has 5 nitrogen and oxygen atoms in total. The van der Waals surface area contributed by atoms with Gasteiger partial charge in [0.05, 0.1) is 23.4 Å². The number of nitrogens with zero attached hydrogens (tertiary/aromatic N) is 2. The number of fused-ring (bicyclic) bond motifs is 1. The summed E-state index contributed by atoms with van der Waals surface area (Å²) in [6.07, 6.45) is 1.68. The maximum atomic E-state index is 11.6. The average molecular weight is 230 g/mol. The third-order valence-corrected chi connectivity index (χ3v) is 3.29. The van der Waals surface area contributed by atoms with Crippen molar-refractivity contribution >= 4 is 17.1 Å². The molecule has 1 aromatic heterocycles. The molecule has 0 aliphatic carbocycles. The topological polar surface area (TPSA) is 61.0 Å². The van der Waals surface area contributed by atoms with E-state index in [9.17, 15) is 4.79 Å². The van der Waals surface area contributed by atoms with Crippen molar-refractivity contribution in [1.29, 1.82) is 0 Å². The predicted molar refractivity (Wildman–Crippen MR) is 64.6 cm³/mol. The third-order valence-electron chi connectivity index (χ3n) is 3.29. The standard InChI is InChI=1S/C12H14N4O/c1-8(16-5-4-13-12(16)17)9-2-3-10-11(6-9)15-7-14-10/h2-3,6-8H,4-5H2,1H3,(H,13,17)(H,14,15). The average Bonchev–Trinajstić information content (AvgIpc) is 2.95. The molecule has 1 aliphatic rings. The smallest absolute Gasteiger partial charge is 0.318 e. The van der Waals surface area contributed by atoms with Gasteiger partial charge in [-0.25, -0.2) is 9.78 Å². The van der Waals surface area contributed by atoms with Crippen molar-refractivity contribution in [3.8, 4) is 0 Å². The number of hydrogen-bond acceptors (Lipinski definition) is 2. The van der Waals surface area contributed by atoms with Gasteiger partial charge in [0, 0.05) is 13.1 Å². The number of imidazole rings is 1. The molecule has 17 heavy (non-hydrogen) atoms. The second-order valence-electron chi connectivity index (χ2n) is 4.28. The summed E-state index contributed by atoms with van der Waals surface area (Å²) >= 11 is 0. The largest absolute Gasteiger partial charge is 0.345 e. The molecule has 0 radical (unpaired) electrons. The van der Waals surface area contributed by atoms with Crippen LogP contribution in [0.25, 0.3) is 11.0 Å². The molecule has 1 atom stereocenters. The van der Waals surface area contributed by atoms with Crippen LogP contribution < -0.4 is 5.32 Å². The summed E-state index contributed by atoms with van der Waals surface area (Å²) in [5, 5.41) is 2.82. The molecule has 1 fully saturated rings. The molecule has 2 amide bonds. The van der Waals surface area contributed by atoms with Gasteiger partial charge in [-0.1, -0.05) is 6.07 Å². The first-order chi connectivity index (χ1) is 8.25. The second kappa shape index (κ2) is 3.76. The van der Waals surface area contributed by atoms with E-state index in [4.69, 9.17) is 0 Å². The molecule has 1 aliphatic heterocycles. The van der Waals surface area contributed by atoms with Gasteiger partial charge >= 0.3 is 6.03 Å². The summed E-state index contributed by atoms with van der Waals surface area (Å²) < 4.78 is 0. The summed E-state index contributed by atoms with van der Waals surface area (Å²) in [5.74, 6) is 0. The molecule has 1 unspecified atom stereocenters. The third kappa shape index (κ3) is 1.63. The summed E-state index contributed by atoms with van der Waals surface area (Å²) in [4.78, 5) is 20.7. The van der Waals surface area contributed by atoms with E-state index in [1.165, 1.54) is 0 Å². The maximum absolute atomic E-state index is 11.6. The highest BCUT2D eigenvalue weighted by Gasteiger charge is 2.25. The van der Waals surface area contributed by atoms with Crippen LogP contribution in [-0.2, 0) is 0 Å². The Morgan fingerprint density at radius 3 is 3.12 bits per heavy atom. The fourth-order valence-corrected chi connectivity index (χ4v) is 2.24. The molecule has 0 spiro atoms. The Bertz CT molecular complexity index is 562. The van der Waals surface area contributed by atoms with E-state index in [2.05, 4.69) is 15.3 Å². The van der Waals surface area contributed by atoms with Crippen molar-refractivity contribution in [3.05, 3.63) is 30.1 Å². The highest BCUT2D eigenvalue weighted by Crippen LogP contribution is 2.24. The molecule has 2 heterocycles. The van der Waals surface area contributed by atoms with Crippen LogP contribution in [0.4, 0.5) is 4.79 Å². The first-order valence-electron chi connectivity index (χ1n) is 5.73. The Labute approximate surface area is 98.8 Å². The molecule has 1 saturated heterocycles. The minimum absolute atomic E-state index is 0.0135. The Hall–Kier alpha value is -2.04. The van der Waals surface area contributed by atoms with E-state index in [1.54, 1.807) is 6.33 Å². The highest BCUT2D eigenvalue weighted by atomic mass is 16.2. The lowest BCUT2D eigenvalue weighted by atomic mass is 10.1. The monoisotopic (exact) mass is 230 g/mol. The molecule has 2 aromatic rings. The van der Waals surface area contributed by atoms with E-state index in [0.717, 1.165) is 29.7 Å². The zero-order valence-corrected chi connectivity index (χ0v) is 9.60. The van der Waals surface area contributed by atoms with Crippen LogP contribution in [0, 0.1) is 0 Å². The normalized spacial score (nSPS) is 17.5. The van der Waals surface area contributed by atoms with Crippen LogP contribution in [0.1, 0.15) is 18.5 Å². The van der Waals surface area contributed by atoms with Gasteiger partial charge in [-0.3, -0.25) is 0 Å². The van der Waals surface area contributed by atoms with E-state index < -0.39 is 0 Å². The van der Waals surface area contributed by atoms with Crippen LogP contribution in [0.2, 0.25) is 0 Å². The number of hydrogen-bond donors (Lipinski definition) is 2. The van der Waals surface area contributed by atoms with E-state index in [1.807, 2.05) is 30.0 Å². The van der Waals surface area contributed by atoms with Crippen LogP contribution in [-0.4, -0.2) is 34.0 Å². The predicted octanol–water partition coefficient (Wildman–Crippen LogP) is 1.65. The molecule has 3 rings (SSSR count). The van der Waals surface area contributed by atoms with E-state index in [0.29, 0.717) is 0 Å². The molecule has 2 N–H and O–H groups in total. The number of amides is 2. The van der Waals surface area contributed by atoms with Crippen LogP contribution in [0.15, 0.2) is 24.5 Å². The van der Waals surface area contributed by atoms with Crippen molar-refractivity contribution in [1.82, 2.24) is 20.2 Å². The number of aromatic amines is 1. The zero-order chi connectivity index (χ0) is 11.8. The first-order valence-corrected chi connectivity index (χ1v) is 5.73.